The summed E-state index contributed by atoms with van der Waals surface area (Å²) in [7, 11) is 0. The normalized spacial score (nSPS) is 22.7. The predicted octanol–water partition coefficient (Wildman–Crippen LogP) is 1.83. The number of hydrogen-bond donors (Lipinski definition) is 2. The molecule has 96 valence electrons. The second-order valence-electron chi connectivity index (χ2n) is 4.32. The minimum Gasteiger partial charge on any atom is -0.481 e. The first-order valence-corrected chi connectivity index (χ1v) is 6.52. The van der Waals surface area contributed by atoms with Gasteiger partial charge in [0.1, 0.15) is 5.69 Å². The van der Waals surface area contributed by atoms with Crippen LogP contribution < -0.4 is 5.32 Å². The van der Waals surface area contributed by atoms with Gasteiger partial charge in [-0.2, -0.15) is 0 Å². The third-order valence-corrected chi connectivity index (χ3v) is 3.58. The average Bonchev–Trinajstić information content (AvgIpc) is 2.78. The highest BCUT2D eigenvalue weighted by molar-refractivity contribution is 9.10. The van der Waals surface area contributed by atoms with Crippen molar-refractivity contribution in [1.82, 2.24) is 10.3 Å². The minimum absolute atomic E-state index is 0.291. The van der Waals surface area contributed by atoms with E-state index in [-0.39, 0.29) is 11.9 Å². The van der Waals surface area contributed by atoms with Gasteiger partial charge in [0.2, 0.25) is 0 Å². The molecule has 2 rings (SSSR count). The molecule has 0 bridgehead atoms. The maximum absolute atomic E-state index is 11.9. The zero-order valence-electron chi connectivity index (χ0n) is 9.60. The Balaban J connectivity index is 2.03. The summed E-state index contributed by atoms with van der Waals surface area (Å²) in [5.74, 6) is -1.65. The Hall–Kier alpha value is -1.43. The highest BCUT2D eigenvalue weighted by atomic mass is 79.9. The molecule has 0 aromatic carbocycles. The standard InChI is InChI=1S/C12H13BrN2O3/c13-7-4-5-10(14-6-7)11(16)15-9-3-1-2-8(9)12(17)18/h4-6,8-9H,1-3H2,(H,15,16)(H,17,18). The number of pyridine rings is 1. The third-order valence-electron chi connectivity index (χ3n) is 3.11. The van der Waals surface area contributed by atoms with Crippen LogP contribution in [0.4, 0.5) is 0 Å². The summed E-state index contributed by atoms with van der Waals surface area (Å²) in [4.78, 5) is 26.9. The van der Waals surface area contributed by atoms with Gasteiger partial charge in [0, 0.05) is 16.7 Å². The maximum atomic E-state index is 11.9. The SMILES string of the molecule is O=C(NC1CCCC1C(=O)O)c1ccc(Br)cn1. The lowest BCUT2D eigenvalue weighted by Crippen LogP contribution is -2.40. The van der Waals surface area contributed by atoms with Crippen molar-refractivity contribution in [1.29, 1.82) is 0 Å². The summed E-state index contributed by atoms with van der Waals surface area (Å²) in [6.45, 7) is 0. The van der Waals surface area contributed by atoms with E-state index in [1.807, 2.05) is 0 Å². The number of nitrogens with zero attached hydrogens (tertiary/aromatic N) is 1. The summed E-state index contributed by atoms with van der Waals surface area (Å²) < 4.78 is 0.795. The molecule has 2 N–H and O–H groups in total. The number of aliphatic carboxylic acids is 1. The number of carbonyl (C=O) groups excluding carboxylic acids is 1. The van der Waals surface area contributed by atoms with E-state index in [2.05, 4.69) is 26.2 Å². The molecule has 0 radical (unpaired) electrons. The van der Waals surface area contributed by atoms with Gasteiger partial charge in [-0.1, -0.05) is 6.42 Å². The number of carboxylic acid groups (broad SMARTS) is 1. The van der Waals surface area contributed by atoms with Crippen molar-refractivity contribution in [3.05, 3.63) is 28.5 Å². The van der Waals surface area contributed by atoms with Crippen LogP contribution in [0.25, 0.3) is 0 Å². The van der Waals surface area contributed by atoms with Crippen LogP contribution in [0.15, 0.2) is 22.8 Å². The van der Waals surface area contributed by atoms with Gasteiger partial charge < -0.3 is 10.4 Å². The first-order chi connectivity index (χ1) is 8.58. The highest BCUT2D eigenvalue weighted by Gasteiger charge is 2.34. The lowest BCUT2D eigenvalue weighted by atomic mass is 10.0. The van der Waals surface area contributed by atoms with Crippen LogP contribution in [0.5, 0.6) is 0 Å². The molecule has 1 aliphatic rings. The number of rotatable bonds is 3. The van der Waals surface area contributed by atoms with E-state index >= 15 is 0 Å². The van der Waals surface area contributed by atoms with Crippen molar-refractivity contribution in [2.75, 3.05) is 0 Å². The van der Waals surface area contributed by atoms with Crippen LogP contribution >= 0.6 is 15.9 Å². The highest BCUT2D eigenvalue weighted by Crippen LogP contribution is 2.26. The fourth-order valence-electron chi connectivity index (χ4n) is 2.18. The van der Waals surface area contributed by atoms with Gasteiger partial charge in [-0.15, -0.1) is 0 Å². The molecule has 0 aliphatic heterocycles. The molecule has 1 fully saturated rings. The Morgan fingerprint density at radius 2 is 2.17 bits per heavy atom. The summed E-state index contributed by atoms with van der Waals surface area (Å²) in [6.07, 6.45) is 3.70. The molecule has 0 spiro atoms. The molecule has 1 heterocycles. The minimum atomic E-state index is -0.846. The second-order valence-corrected chi connectivity index (χ2v) is 5.23. The molecule has 1 aromatic rings. The lowest BCUT2D eigenvalue weighted by Gasteiger charge is -2.17. The van der Waals surface area contributed by atoms with Gasteiger partial charge in [0.15, 0.2) is 0 Å². The molecule has 1 saturated carbocycles. The first kappa shape index (κ1) is 13.0. The molecule has 0 saturated heterocycles. The topological polar surface area (TPSA) is 79.3 Å². The summed E-state index contributed by atoms with van der Waals surface area (Å²) in [5, 5.41) is 11.8. The molecule has 1 aromatic heterocycles. The zero-order valence-corrected chi connectivity index (χ0v) is 11.2. The number of amides is 1. The van der Waals surface area contributed by atoms with Crippen molar-refractivity contribution in [3.8, 4) is 0 Å². The van der Waals surface area contributed by atoms with Crippen LogP contribution in [-0.4, -0.2) is 28.0 Å². The van der Waals surface area contributed by atoms with Gasteiger partial charge in [-0.25, -0.2) is 4.98 Å². The van der Waals surface area contributed by atoms with Crippen molar-refractivity contribution in [2.45, 2.75) is 25.3 Å². The fourth-order valence-corrected chi connectivity index (χ4v) is 2.42. The van der Waals surface area contributed by atoms with Crippen molar-refractivity contribution in [3.63, 3.8) is 0 Å². The number of halogens is 1. The van der Waals surface area contributed by atoms with Crippen LogP contribution in [0.1, 0.15) is 29.8 Å². The van der Waals surface area contributed by atoms with Gasteiger partial charge in [0.05, 0.1) is 5.92 Å². The van der Waals surface area contributed by atoms with Gasteiger partial charge in [0.25, 0.3) is 5.91 Å². The molecule has 6 heteroatoms. The quantitative estimate of drug-likeness (QED) is 0.892. The average molecular weight is 313 g/mol. The summed E-state index contributed by atoms with van der Waals surface area (Å²) in [6, 6.07) is 3.04. The zero-order chi connectivity index (χ0) is 13.1. The molecule has 5 nitrogen and oxygen atoms in total. The Morgan fingerprint density at radius 3 is 2.78 bits per heavy atom. The molecular weight excluding hydrogens is 300 g/mol. The molecular formula is C12H13BrN2O3. The number of carboxylic acids is 1. The smallest absolute Gasteiger partial charge is 0.308 e. The molecule has 2 unspecified atom stereocenters. The Labute approximate surface area is 113 Å². The number of hydrogen-bond acceptors (Lipinski definition) is 3. The van der Waals surface area contributed by atoms with Crippen LogP contribution in [0, 0.1) is 5.92 Å². The first-order valence-electron chi connectivity index (χ1n) is 5.73. The van der Waals surface area contributed by atoms with Crippen molar-refractivity contribution >= 4 is 27.8 Å². The van der Waals surface area contributed by atoms with Gasteiger partial charge in [-0.05, 0) is 40.9 Å². The molecule has 18 heavy (non-hydrogen) atoms. The second kappa shape index (κ2) is 5.48. The van der Waals surface area contributed by atoms with Crippen molar-refractivity contribution < 1.29 is 14.7 Å². The third kappa shape index (κ3) is 2.87. The van der Waals surface area contributed by atoms with E-state index in [0.29, 0.717) is 18.5 Å². The van der Waals surface area contributed by atoms with Crippen LogP contribution in [0.2, 0.25) is 0 Å². The Morgan fingerprint density at radius 1 is 1.39 bits per heavy atom. The van der Waals surface area contributed by atoms with Crippen molar-refractivity contribution in [2.24, 2.45) is 5.92 Å². The van der Waals surface area contributed by atoms with E-state index in [0.717, 1.165) is 10.9 Å². The van der Waals surface area contributed by atoms with E-state index in [9.17, 15) is 9.59 Å². The molecule has 1 aliphatic carbocycles. The van der Waals surface area contributed by atoms with Gasteiger partial charge >= 0.3 is 5.97 Å². The Bertz CT molecular complexity index is 461. The van der Waals surface area contributed by atoms with Gasteiger partial charge in [-0.3, -0.25) is 9.59 Å². The summed E-state index contributed by atoms with van der Waals surface area (Å²) >= 11 is 3.24. The monoisotopic (exact) mass is 312 g/mol. The van der Waals surface area contributed by atoms with Crippen LogP contribution in [-0.2, 0) is 4.79 Å². The number of nitrogens with one attached hydrogen (secondary N) is 1. The number of aromatic nitrogens is 1. The summed E-state index contributed by atoms with van der Waals surface area (Å²) in [5.41, 5.74) is 0.300. The maximum Gasteiger partial charge on any atom is 0.308 e. The fraction of sp³-hybridized carbons (Fsp3) is 0.417. The van der Waals surface area contributed by atoms with E-state index in [1.165, 1.54) is 6.20 Å². The lowest BCUT2D eigenvalue weighted by molar-refractivity contribution is -0.142. The molecule has 2 atom stereocenters. The Kier molecular flexibility index (Phi) is 3.96. The number of carbonyl (C=O) groups is 2. The van der Waals surface area contributed by atoms with E-state index in [4.69, 9.17) is 5.11 Å². The van der Waals surface area contributed by atoms with E-state index in [1.54, 1.807) is 12.1 Å². The van der Waals surface area contributed by atoms with Crippen LogP contribution in [0.3, 0.4) is 0 Å². The largest absolute Gasteiger partial charge is 0.481 e. The predicted molar refractivity (Wildman–Crippen MR) is 68.2 cm³/mol. The molecule has 1 amide bonds. The van der Waals surface area contributed by atoms with E-state index < -0.39 is 11.9 Å².